The molecule has 5 heteroatoms. The molecule has 1 N–H and O–H groups in total. The molecule has 2 rings (SSSR count). The molecule has 2 heterocycles. The van der Waals surface area contributed by atoms with Crippen LogP contribution in [0.15, 0.2) is 0 Å². The van der Waals surface area contributed by atoms with Crippen LogP contribution in [0, 0.1) is 0 Å². The van der Waals surface area contributed by atoms with Crippen molar-refractivity contribution < 1.29 is 24.1 Å². The van der Waals surface area contributed by atoms with Crippen LogP contribution in [0.2, 0.25) is 0 Å². The molecule has 0 aliphatic carbocycles. The maximum atomic E-state index is 9.91. The molecule has 0 saturated carbocycles. The van der Waals surface area contributed by atoms with E-state index in [0.717, 1.165) is 0 Å². The Morgan fingerprint density at radius 3 is 2.40 bits per heavy atom. The van der Waals surface area contributed by atoms with Crippen molar-refractivity contribution in [1.82, 2.24) is 0 Å². The van der Waals surface area contributed by atoms with Gasteiger partial charge in [0.1, 0.15) is 18.3 Å². The Bertz CT molecular complexity index is 234. The van der Waals surface area contributed by atoms with E-state index in [-0.39, 0.29) is 18.3 Å². The van der Waals surface area contributed by atoms with Gasteiger partial charge in [0.2, 0.25) is 0 Å². The minimum Gasteiger partial charge on any atom is -0.388 e. The molecule has 2 aliphatic rings. The van der Waals surface area contributed by atoms with Gasteiger partial charge in [0.25, 0.3) is 0 Å². The molecular formula is C10H18O5. The molecule has 0 aromatic heterocycles. The smallest absolute Gasteiger partial charge is 0.186 e. The van der Waals surface area contributed by atoms with Crippen molar-refractivity contribution in [2.75, 3.05) is 7.11 Å². The lowest BCUT2D eigenvalue weighted by Gasteiger charge is -2.37. The molecule has 0 radical (unpaired) electrons. The minimum atomic E-state index is -0.694. The van der Waals surface area contributed by atoms with Crippen LogP contribution in [0.25, 0.3) is 0 Å². The van der Waals surface area contributed by atoms with E-state index in [4.69, 9.17) is 18.9 Å². The van der Waals surface area contributed by atoms with E-state index < -0.39 is 18.2 Å². The second-order valence-corrected chi connectivity index (χ2v) is 4.50. The van der Waals surface area contributed by atoms with E-state index in [2.05, 4.69) is 0 Å². The molecule has 0 bridgehead atoms. The highest BCUT2D eigenvalue weighted by Crippen LogP contribution is 2.37. The molecular weight excluding hydrogens is 200 g/mol. The largest absolute Gasteiger partial charge is 0.388 e. The summed E-state index contributed by atoms with van der Waals surface area (Å²) in [6.07, 6.45) is -2.21. The maximum absolute atomic E-state index is 9.91. The first-order valence-electron chi connectivity index (χ1n) is 5.16. The number of hydrogen-bond donors (Lipinski definition) is 1. The molecule has 0 aromatic rings. The van der Waals surface area contributed by atoms with Crippen LogP contribution < -0.4 is 0 Å². The van der Waals surface area contributed by atoms with Crippen molar-refractivity contribution in [1.29, 1.82) is 0 Å². The highest BCUT2D eigenvalue weighted by molar-refractivity contribution is 4.94. The molecule has 2 saturated heterocycles. The van der Waals surface area contributed by atoms with Crippen LogP contribution in [-0.2, 0) is 18.9 Å². The van der Waals surface area contributed by atoms with E-state index in [9.17, 15) is 5.11 Å². The summed E-state index contributed by atoms with van der Waals surface area (Å²) in [7, 11) is 1.56. The fourth-order valence-electron chi connectivity index (χ4n) is 2.12. The van der Waals surface area contributed by atoms with Gasteiger partial charge in [-0.05, 0) is 20.8 Å². The zero-order valence-corrected chi connectivity index (χ0v) is 9.47. The van der Waals surface area contributed by atoms with Gasteiger partial charge in [-0.2, -0.15) is 0 Å². The summed E-state index contributed by atoms with van der Waals surface area (Å²) in [6.45, 7) is 5.42. The van der Waals surface area contributed by atoms with Gasteiger partial charge >= 0.3 is 0 Å². The van der Waals surface area contributed by atoms with Crippen molar-refractivity contribution in [3.63, 3.8) is 0 Å². The summed E-state index contributed by atoms with van der Waals surface area (Å²) in [5.74, 6) is -0.694. The standard InChI is InChI=1S/C10H18O5/c1-5-6(11)7-8(9(12-4)13-5)15-10(2,3)14-7/h5-9,11H,1-4H3/t5-,6-,7-,8-,9+/m1/s1. The third-order valence-electron chi connectivity index (χ3n) is 2.83. The number of aliphatic hydroxyl groups excluding tert-OH is 1. The Hall–Kier alpha value is -0.200. The summed E-state index contributed by atoms with van der Waals surface area (Å²) in [4.78, 5) is 0. The second kappa shape index (κ2) is 3.68. The maximum Gasteiger partial charge on any atom is 0.186 e. The topological polar surface area (TPSA) is 57.2 Å². The van der Waals surface area contributed by atoms with E-state index >= 15 is 0 Å². The predicted octanol–water partition coefficient (Wildman–Crippen LogP) is 0.259. The number of aliphatic hydroxyl groups is 1. The summed E-state index contributed by atoms with van der Waals surface area (Å²) in [5.41, 5.74) is 0. The van der Waals surface area contributed by atoms with Crippen LogP contribution >= 0.6 is 0 Å². The molecule has 2 aliphatic heterocycles. The SMILES string of the molecule is CO[C@H]1O[C@H](C)[C@@H](O)[C@H]2OC(C)(C)O[C@@H]12. The molecule has 2 fully saturated rings. The van der Waals surface area contributed by atoms with E-state index in [1.165, 1.54) is 0 Å². The summed E-state index contributed by atoms with van der Waals surface area (Å²) < 4.78 is 21.9. The predicted molar refractivity (Wildman–Crippen MR) is 51.2 cm³/mol. The third-order valence-corrected chi connectivity index (χ3v) is 2.83. The lowest BCUT2D eigenvalue weighted by atomic mass is 10.0. The van der Waals surface area contributed by atoms with Crippen molar-refractivity contribution in [3.05, 3.63) is 0 Å². The molecule has 0 spiro atoms. The van der Waals surface area contributed by atoms with Crippen molar-refractivity contribution in [2.45, 2.75) is 57.3 Å². The van der Waals surface area contributed by atoms with Gasteiger partial charge in [0.05, 0.1) is 6.10 Å². The lowest BCUT2D eigenvalue weighted by Crippen LogP contribution is -2.55. The average Bonchev–Trinajstić information content (AvgIpc) is 2.48. The summed E-state index contributed by atoms with van der Waals surface area (Å²) in [6, 6.07) is 0. The van der Waals surface area contributed by atoms with E-state index in [1.807, 2.05) is 13.8 Å². The van der Waals surface area contributed by atoms with Gasteiger partial charge in [-0.3, -0.25) is 0 Å². The average molecular weight is 218 g/mol. The van der Waals surface area contributed by atoms with E-state index in [1.54, 1.807) is 14.0 Å². The van der Waals surface area contributed by atoms with Gasteiger partial charge in [0, 0.05) is 7.11 Å². The Kier molecular flexibility index (Phi) is 2.77. The normalized spacial score (nSPS) is 49.0. The number of rotatable bonds is 1. The Balaban J connectivity index is 2.18. The minimum absolute atomic E-state index is 0.311. The fourth-order valence-corrected chi connectivity index (χ4v) is 2.12. The van der Waals surface area contributed by atoms with Gasteiger partial charge < -0.3 is 24.1 Å². The van der Waals surface area contributed by atoms with Gasteiger partial charge in [-0.15, -0.1) is 0 Å². The van der Waals surface area contributed by atoms with Crippen molar-refractivity contribution >= 4 is 0 Å². The van der Waals surface area contributed by atoms with Crippen LogP contribution in [0.5, 0.6) is 0 Å². The van der Waals surface area contributed by atoms with Crippen LogP contribution in [-0.4, -0.2) is 48.7 Å². The molecule has 0 aromatic carbocycles. The summed E-state index contributed by atoms with van der Waals surface area (Å²) >= 11 is 0. The zero-order valence-electron chi connectivity index (χ0n) is 9.47. The Morgan fingerprint density at radius 1 is 1.20 bits per heavy atom. The molecule has 5 atom stereocenters. The van der Waals surface area contributed by atoms with E-state index in [0.29, 0.717) is 0 Å². The molecule has 0 unspecified atom stereocenters. The molecule has 15 heavy (non-hydrogen) atoms. The zero-order chi connectivity index (χ0) is 11.2. The van der Waals surface area contributed by atoms with Gasteiger partial charge in [-0.1, -0.05) is 0 Å². The van der Waals surface area contributed by atoms with Crippen molar-refractivity contribution in [2.24, 2.45) is 0 Å². The van der Waals surface area contributed by atoms with Gasteiger partial charge in [-0.25, -0.2) is 0 Å². The fraction of sp³-hybridized carbons (Fsp3) is 1.00. The highest BCUT2D eigenvalue weighted by atomic mass is 16.8. The van der Waals surface area contributed by atoms with Crippen LogP contribution in [0.4, 0.5) is 0 Å². The molecule has 5 nitrogen and oxygen atoms in total. The quantitative estimate of drug-likeness (QED) is 0.684. The third kappa shape index (κ3) is 1.90. The van der Waals surface area contributed by atoms with Crippen molar-refractivity contribution in [3.8, 4) is 0 Å². The number of fused-ring (bicyclic) bond motifs is 1. The monoisotopic (exact) mass is 218 g/mol. The number of hydrogen-bond acceptors (Lipinski definition) is 5. The highest BCUT2D eigenvalue weighted by Gasteiger charge is 2.54. The second-order valence-electron chi connectivity index (χ2n) is 4.50. The van der Waals surface area contributed by atoms with Gasteiger partial charge in [0.15, 0.2) is 12.1 Å². The first kappa shape index (κ1) is 11.3. The molecule has 0 amide bonds. The van der Waals surface area contributed by atoms with Crippen LogP contribution in [0.1, 0.15) is 20.8 Å². The first-order chi connectivity index (χ1) is 6.94. The van der Waals surface area contributed by atoms with Crippen LogP contribution in [0.3, 0.4) is 0 Å². The summed E-state index contributed by atoms with van der Waals surface area (Å²) in [5, 5.41) is 9.91. The molecule has 88 valence electrons. The Labute approximate surface area is 89.3 Å². The number of methoxy groups -OCH3 is 1. The first-order valence-corrected chi connectivity index (χ1v) is 5.16. The lowest BCUT2D eigenvalue weighted by molar-refractivity contribution is -0.262. The Morgan fingerprint density at radius 2 is 1.80 bits per heavy atom. The number of ether oxygens (including phenoxy) is 4.